The number of sulfonamides is 1. The second-order valence-corrected chi connectivity index (χ2v) is 6.54. The number of hydrogen-bond acceptors (Lipinski definition) is 4. The van der Waals surface area contributed by atoms with Crippen LogP contribution in [0.15, 0.2) is 41.4 Å². The summed E-state index contributed by atoms with van der Waals surface area (Å²) < 4.78 is 25.7. The summed E-state index contributed by atoms with van der Waals surface area (Å²) in [4.78, 5) is 4.27. The summed E-state index contributed by atoms with van der Waals surface area (Å²) in [5, 5.41) is 10.1. The van der Waals surface area contributed by atoms with Gasteiger partial charge in [0.25, 0.3) is 0 Å². The molecule has 0 radical (unpaired) electrons. The van der Waals surface area contributed by atoms with E-state index in [0.717, 1.165) is 15.2 Å². The number of fused-ring (bicyclic) bond motifs is 1. The van der Waals surface area contributed by atoms with E-state index >= 15 is 0 Å². The summed E-state index contributed by atoms with van der Waals surface area (Å²) >= 11 is 0. The highest BCUT2D eigenvalue weighted by Gasteiger charge is 2.22. The van der Waals surface area contributed by atoms with Crippen molar-refractivity contribution in [3.63, 3.8) is 0 Å². The van der Waals surface area contributed by atoms with Gasteiger partial charge in [-0.15, -0.1) is 0 Å². The molecule has 0 saturated carbocycles. The van der Waals surface area contributed by atoms with Crippen LogP contribution in [-0.2, 0) is 10.0 Å². The van der Waals surface area contributed by atoms with E-state index in [2.05, 4.69) is 4.98 Å². The Bertz CT molecular complexity index is 683. The van der Waals surface area contributed by atoms with E-state index in [-0.39, 0.29) is 11.4 Å². The van der Waals surface area contributed by atoms with Crippen molar-refractivity contribution in [1.82, 2.24) is 9.29 Å². The number of nitrogens with zero attached hydrogens (tertiary/aromatic N) is 2. The number of likely N-dealkylation sites (N-methyl/N-ethyl adjacent to an activating group) is 1. The summed E-state index contributed by atoms with van der Waals surface area (Å²) in [6.07, 6.45) is 0.629. The van der Waals surface area contributed by atoms with Crippen molar-refractivity contribution in [3.05, 3.63) is 36.5 Å². The molecule has 0 amide bonds. The molecule has 0 aliphatic carbocycles. The first-order valence-corrected chi connectivity index (χ1v) is 7.34. The molecule has 1 N–H and O–H groups in total. The molecule has 19 heavy (non-hydrogen) atoms. The predicted octanol–water partition coefficient (Wildman–Crippen LogP) is 1.24. The van der Waals surface area contributed by atoms with Gasteiger partial charge in [0.15, 0.2) is 0 Å². The van der Waals surface area contributed by atoms with Crippen LogP contribution in [0.4, 0.5) is 0 Å². The summed E-state index contributed by atoms with van der Waals surface area (Å²) in [5.74, 6) is 0. The van der Waals surface area contributed by atoms with E-state index < -0.39 is 16.1 Å². The minimum atomic E-state index is -3.61. The van der Waals surface area contributed by atoms with Crippen molar-refractivity contribution in [2.45, 2.75) is 17.9 Å². The highest BCUT2D eigenvalue weighted by Crippen LogP contribution is 2.19. The molecule has 0 aliphatic rings. The first-order valence-electron chi connectivity index (χ1n) is 5.90. The first-order chi connectivity index (χ1) is 8.91. The standard InChI is InChI=1S/C13H16N2O3S/c1-10(16)9-15(2)19(17,18)12-7-11-5-3-4-6-13(11)14-8-12/h3-8,10,16H,9H2,1-2H3/t10-/m0/s1. The highest BCUT2D eigenvalue weighted by molar-refractivity contribution is 7.89. The Kier molecular flexibility index (Phi) is 3.84. The molecule has 1 heterocycles. The summed E-state index contributed by atoms with van der Waals surface area (Å²) in [6, 6.07) is 8.92. The molecular formula is C13H16N2O3S. The lowest BCUT2D eigenvalue weighted by atomic mass is 10.2. The van der Waals surface area contributed by atoms with Crippen molar-refractivity contribution < 1.29 is 13.5 Å². The molecule has 6 heteroatoms. The number of benzene rings is 1. The maximum absolute atomic E-state index is 12.3. The lowest BCUT2D eigenvalue weighted by Gasteiger charge is -2.18. The third-order valence-corrected chi connectivity index (χ3v) is 4.58. The maximum Gasteiger partial charge on any atom is 0.244 e. The lowest BCUT2D eigenvalue weighted by molar-refractivity contribution is 0.171. The molecule has 0 unspecified atom stereocenters. The molecule has 5 nitrogen and oxygen atoms in total. The number of pyridine rings is 1. The van der Waals surface area contributed by atoms with E-state index in [1.165, 1.54) is 13.2 Å². The van der Waals surface area contributed by atoms with Crippen molar-refractivity contribution in [2.24, 2.45) is 0 Å². The van der Waals surface area contributed by atoms with Gasteiger partial charge in [-0.25, -0.2) is 8.42 Å². The zero-order valence-corrected chi connectivity index (χ0v) is 11.6. The normalized spacial score (nSPS) is 13.9. The van der Waals surface area contributed by atoms with Gasteiger partial charge in [0.05, 0.1) is 11.6 Å². The van der Waals surface area contributed by atoms with Gasteiger partial charge in [-0.2, -0.15) is 4.31 Å². The van der Waals surface area contributed by atoms with Crippen molar-refractivity contribution in [1.29, 1.82) is 0 Å². The van der Waals surface area contributed by atoms with Crippen molar-refractivity contribution in [3.8, 4) is 0 Å². The Morgan fingerprint density at radius 3 is 2.74 bits per heavy atom. The quantitative estimate of drug-likeness (QED) is 0.914. The zero-order chi connectivity index (χ0) is 14.0. The second-order valence-electron chi connectivity index (χ2n) is 4.50. The van der Waals surface area contributed by atoms with E-state index in [4.69, 9.17) is 0 Å². The Hall–Kier alpha value is -1.50. The predicted molar refractivity (Wildman–Crippen MR) is 73.2 cm³/mol. The number of aliphatic hydroxyl groups is 1. The summed E-state index contributed by atoms with van der Waals surface area (Å²) in [6.45, 7) is 1.60. The average Bonchev–Trinajstić information content (AvgIpc) is 2.37. The van der Waals surface area contributed by atoms with Crippen LogP contribution < -0.4 is 0 Å². The van der Waals surface area contributed by atoms with E-state index in [0.29, 0.717) is 0 Å². The molecule has 2 rings (SSSR count). The smallest absolute Gasteiger partial charge is 0.244 e. The summed E-state index contributed by atoms with van der Waals surface area (Å²) in [7, 11) is -2.17. The van der Waals surface area contributed by atoms with Gasteiger partial charge in [0.2, 0.25) is 10.0 Å². The molecule has 1 atom stereocenters. The van der Waals surface area contributed by atoms with Gasteiger partial charge in [-0.3, -0.25) is 4.98 Å². The van der Waals surface area contributed by atoms with Crippen LogP contribution in [0.2, 0.25) is 0 Å². The second kappa shape index (κ2) is 5.24. The van der Waals surface area contributed by atoms with Crippen molar-refractivity contribution >= 4 is 20.9 Å². The highest BCUT2D eigenvalue weighted by atomic mass is 32.2. The first kappa shape index (κ1) is 13.9. The lowest BCUT2D eigenvalue weighted by Crippen LogP contribution is -2.33. The fourth-order valence-corrected chi connectivity index (χ4v) is 3.08. The summed E-state index contributed by atoms with van der Waals surface area (Å²) in [5.41, 5.74) is 0.750. The molecule has 1 aromatic carbocycles. The van der Waals surface area contributed by atoms with Crippen LogP contribution in [0.1, 0.15) is 6.92 Å². The molecule has 102 valence electrons. The van der Waals surface area contributed by atoms with Gasteiger partial charge in [-0.1, -0.05) is 18.2 Å². The molecule has 2 aromatic rings. The third-order valence-electron chi connectivity index (χ3n) is 2.79. The van der Waals surface area contributed by atoms with Crippen LogP contribution in [0, 0.1) is 0 Å². The topological polar surface area (TPSA) is 70.5 Å². The van der Waals surface area contributed by atoms with Crippen LogP contribution >= 0.6 is 0 Å². The fraction of sp³-hybridized carbons (Fsp3) is 0.308. The minimum absolute atomic E-state index is 0.0508. The number of hydrogen-bond donors (Lipinski definition) is 1. The van der Waals surface area contributed by atoms with E-state index in [1.54, 1.807) is 13.0 Å². The van der Waals surface area contributed by atoms with Crippen LogP contribution in [-0.4, -0.2) is 42.5 Å². The Labute approximate surface area is 112 Å². The number of rotatable bonds is 4. The van der Waals surface area contributed by atoms with E-state index in [1.807, 2.05) is 24.3 Å². The van der Waals surface area contributed by atoms with Crippen LogP contribution in [0.3, 0.4) is 0 Å². The van der Waals surface area contributed by atoms with Gasteiger partial charge < -0.3 is 5.11 Å². The van der Waals surface area contributed by atoms with Gasteiger partial charge in [0.1, 0.15) is 4.90 Å². The van der Waals surface area contributed by atoms with Gasteiger partial charge in [-0.05, 0) is 19.1 Å². The van der Waals surface area contributed by atoms with Crippen molar-refractivity contribution in [2.75, 3.05) is 13.6 Å². The fourth-order valence-electron chi connectivity index (χ4n) is 1.84. The SMILES string of the molecule is C[C@H](O)CN(C)S(=O)(=O)c1cnc2ccccc2c1. The van der Waals surface area contributed by atoms with Gasteiger partial charge in [0, 0.05) is 25.2 Å². The Morgan fingerprint density at radius 1 is 1.37 bits per heavy atom. The number of aromatic nitrogens is 1. The van der Waals surface area contributed by atoms with Gasteiger partial charge >= 0.3 is 0 Å². The average molecular weight is 280 g/mol. The number of para-hydroxylation sites is 1. The Balaban J connectivity index is 2.43. The molecule has 0 bridgehead atoms. The van der Waals surface area contributed by atoms with Crippen LogP contribution in [0.25, 0.3) is 10.9 Å². The van der Waals surface area contributed by atoms with Crippen LogP contribution in [0.5, 0.6) is 0 Å². The molecule has 0 aliphatic heterocycles. The minimum Gasteiger partial charge on any atom is -0.392 e. The number of aliphatic hydroxyl groups excluding tert-OH is 1. The molecule has 0 fully saturated rings. The third kappa shape index (κ3) is 2.91. The Morgan fingerprint density at radius 2 is 2.05 bits per heavy atom. The maximum atomic E-state index is 12.3. The monoisotopic (exact) mass is 280 g/mol. The van der Waals surface area contributed by atoms with E-state index in [9.17, 15) is 13.5 Å². The molecular weight excluding hydrogens is 264 g/mol. The molecule has 1 aromatic heterocycles. The molecule has 0 saturated heterocycles. The molecule has 0 spiro atoms. The largest absolute Gasteiger partial charge is 0.392 e. The zero-order valence-electron chi connectivity index (χ0n) is 10.8.